The molecule has 0 radical (unpaired) electrons. The number of ether oxygens (including phenoxy) is 3. The average molecular weight is 471 g/mol. The summed E-state index contributed by atoms with van der Waals surface area (Å²) in [7, 11) is 1.65. The number of aliphatic carboxylic acids is 2. The zero-order chi connectivity index (χ0) is 24.6. The van der Waals surface area contributed by atoms with Crippen LogP contribution in [0.5, 0.6) is 17.2 Å². The normalized spacial score (nSPS) is 10.9. The predicted molar refractivity (Wildman–Crippen MR) is 131 cm³/mol. The Labute approximate surface area is 201 Å². The van der Waals surface area contributed by atoms with Crippen molar-refractivity contribution < 1.29 is 34.0 Å². The number of benzene rings is 2. The fourth-order valence-electron chi connectivity index (χ4n) is 3.27. The van der Waals surface area contributed by atoms with E-state index >= 15 is 0 Å². The number of hydrogen-bond donors (Lipinski definition) is 2. The summed E-state index contributed by atoms with van der Waals surface area (Å²) in [5.41, 5.74) is 1.93. The molecule has 7 nitrogen and oxygen atoms in total. The van der Waals surface area contributed by atoms with E-state index < -0.39 is 11.9 Å². The van der Waals surface area contributed by atoms with E-state index in [2.05, 4.69) is 12.2 Å². The van der Waals surface area contributed by atoms with Gasteiger partial charge in [-0.15, -0.1) is 0 Å². The highest BCUT2D eigenvalue weighted by Crippen LogP contribution is 2.26. The standard InChI is InChI=1S/C27H34O7/c1-32-23-13-10-21(11-14-23)8-4-2-3-6-19-34-25-16-15-24(20-22(25)12-17-27(30)31)33-18-7-5-9-26(28)29/h4,8,10-11,13-16,20H,2-3,5-7,9,12,17-19H2,1H3,(H,28,29)(H,30,31). The van der Waals surface area contributed by atoms with Crippen LogP contribution in [0, 0.1) is 0 Å². The minimum atomic E-state index is -0.866. The molecule has 34 heavy (non-hydrogen) atoms. The van der Waals surface area contributed by atoms with E-state index in [9.17, 15) is 9.59 Å². The van der Waals surface area contributed by atoms with Crippen LogP contribution in [0.2, 0.25) is 0 Å². The molecule has 0 aliphatic heterocycles. The van der Waals surface area contributed by atoms with Gasteiger partial charge in [0.1, 0.15) is 17.2 Å². The van der Waals surface area contributed by atoms with Gasteiger partial charge in [0.25, 0.3) is 0 Å². The van der Waals surface area contributed by atoms with Crippen LogP contribution in [0.25, 0.3) is 6.08 Å². The Morgan fingerprint density at radius 1 is 0.824 bits per heavy atom. The molecule has 0 aromatic heterocycles. The van der Waals surface area contributed by atoms with Crippen LogP contribution in [0.15, 0.2) is 48.5 Å². The first-order chi connectivity index (χ1) is 16.5. The molecule has 0 heterocycles. The van der Waals surface area contributed by atoms with Gasteiger partial charge in [0.2, 0.25) is 0 Å². The van der Waals surface area contributed by atoms with Gasteiger partial charge in [-0.2, -0.15) is 0 Å². The highest BCUT2D eigenvalue weighted by atomic mass is 16.5. The molecule has 0 amide bonds. The summed E-state index contributed by atoms with van der Waals surface area (Å²) in [5, 5.41) is 17.7. The molecule has 0 aliphatic carbocycles. The van der Waals surface area contributed by atoms with Crippen LogP contribution in [-0.4, -0.2) is 42.5 Å². The summed E-state index contributed by atoms with van der Waals surface area (Å²) in [4.78, 5) is 21.6. The summed E-state index contributed by atoms with van der Waals surface area (Å²) in [5.74, 6) is 0.465. The maximum Gasteiger partial charge on any atom is 0.303 e. The topological polar surface area (TPSA) is 102 Å². The molecule has 0 unspecified atom stereocenters. The van der Waals surface area contributed by atoms with Crippen LogP contribution in [0.1, 0.15) is 56.1 Å². The smallest absolute Gasteiger partial charge is 0.303 e. The first kappa shape index (κ1) is 26.8. The van der Waals surface area contributed by atoms with Crippen LogP contribution < -0.4 is 14.2 Å². The van der Waals surface area contributed by atoms with Crippen molar-refractivity contribution in [1.29, 1.82) is 0 Å². The third-order valence-electron chi connectivity index (χ3n) is 5.14. The number of rotatable bonds is 17. The van der Waals surface area contributed by atoms with Crippen LogP contribution in [0.3, 0.4) is 0 Å². The van der Waals surface area contributed by atoms with Crippen molar-refractivity contribution in [2.75, 3.05) is 20.3 Å². The highest BCUT2D eigenvalue weighted by Gasteiger charge is 2.09. The van der Waals surface area contributed by atoms with Crippen LogP contribution >= 0.6 is 0 Å². The Morgan fingerprint density at radius 3 is 2.21 bits per heavy atom. The van der Waals surface area contributed by atoms with Gasteiger partial charge in [0, 0.05) is 12.8 Å². The van der Waals surface area contributed by atoms with Crippen LogP contribution in [0.4, 0.5) is 0 Å². The number of unbranched alkanes of at least 4 members (excludes halogenated alkanes) is 3. The quantitative estimate of drug-likeness (QED) is 0.290. The summed E-state index contributed by atoms with van der Waals surface area (Å²) in [6, 6.07) is 13.3. The van der Waals surface area contributed by atoms with Gasteiger partial charge >= 0.3 is 11.9 Å². The summed E-state index contributed by atoms with van der Waals surface area (Å²) < 4.78 is 16.8. The van der Waals surface area contributed by atoms with Gasteiger partial charge in [-0.05, 0) is 80.0 Å². The molecule has 0 fully saturated rings. The molecule has 0 saturated heterocycles. The van der Waals surface area contributed by atoms with Crippen LogP contribution in [-0.2, 0) is 16.0 Å². The minimum Gasteiger partial charge on any atom is -0.497 e. The Kier molecular flexibility index (Phi) is 12.1. The molecule has 2 aromatic carbocycles. The maximum absolute atomic E-state index is 11.0. The lowest BCUT2D eigenvalue weighted by atomic mass is 10.1. The maximum atomic E-state index is 11.0. The molecular weight excluding hydrogens is 436 g/mol. The molecule has 7 heteroatoms. The Hall–Kier alpha value is -3.48. The fourth-order valence-corrected chi connectivity index (χ4v) is 3.27. The lowest BCUT2D eigenvalue weighted by Crippen LogP contribution is -2.04. The minimum absolute atomic E-state index is 0.00851. The number of carboxylic acid groups (broad SMARTS) is 2. The van der Waals surface area contributed by atoms with Gasteiger partial charge in [-0.1, -0.05) is 24.3 Å². The first-order valence-electron chi connectivity index (χ1n) is 11.6. The number of aryl methyl sites for hydroxylation is 1. The molecule has 2 rings (SSSR count). The molecule has 2 N–H and O–H groups in total. The molecule has 0 saturated carbocycles. The number of carboxylic acids is 2. The molecular formula is C27H34O7. The van der Waals surface area contributed by atoms with Crippen molar-refractivity contribution in [3.05, 3.63) is 59.7 Å². The Bertz CT molecular complexity index is 919. The molecule has 0 bridgehead atoms. The van der Waals surface area contributed by atoms with Gasteiger partial charge < -0.3 is 24.4 Å². The van der Waals surface area contributed by atoms with Gasteiger partial charge in [-0.25, -0.2) is 0 Å². The highest BCUT2D eigenvalue weighted by molar-refractivity contribution is 5.67. The van der Waals surface area contributed by atoms with E-state index in [4.69, 9.17) is 24.4 Å². The number of methoxy groups -OCH3 is 1. The van der Waals surface area contributed by atoms with Crippen molar-refractivity contribution >= 4 is 18.0 Å². The monoisotopic (exact) mass is 470 g/mol. The predicted octanol–water partition coefficient (Wildman–Crippen LogP) is 5.61. The van der Waals surface area contributed by atoms with Gasteiger partial charge in [0.15, 0.2) is 0 Å². The van der Waals surface area contributed by atoms with E-state index in [1.807, 2.05) is 36.4 Å². The van der Waals surface area contributed by atoms with E-state index in [0.29, 0.717) is 44.0 Å². The van der Waals surface area contributed by atoms with Gasteiger partial charge in [-0.3, -0.25) is 9.59 Å². The number of hydrogen-bond acceptors (Lipinski definition) is 5. The number of carbonyl (C=O) groups is 2. The fraction of sp³-hybridized carbons (Fsp3) is 0.407. The average Bonchev–Trinajstić information content (AvgIpc) is 2.82. The third-order valence-corrected chi connectivity index (χ3v) is 5.14. The molecule has 0 spiro atoms. The lowest BCUT2D eigenvalue weighted by Gasteiger charge is -2.13. The Balaban J connectivity index is 1.77. The summed E-state index contributed by atoms with van der Waals surface area (Å²) in [6.45, 7) is 0.960. The second-order valence-corrected chi connectivity index (χ2v) is 7.88. The second kappa shape index (κ2) is 15.4. The zero-order valence-electron chi connectivity index (χ0n) is 19.7. The van der Waals surface area contributed by atoms with E-state index in [1.165, 1.54) is 0 Å². The molecule has 0 aliphatic rings. The van der Waals surface area contributed by atoms with Crippen molar-refractivity contribution in [1.82, 2.24) is 0 Å². The third kappa shape index (κ3) is 10.9. The van der Waals surface area contributed by atoms with Gasteiger partial charge in [0.05, 0.1) is 20.3 Å². The Morgan fingerprint density at radius 2 is 1.50 bits per heavy atom. The second-order valence-electron chi connectivity index (χ2n) is 7.88. The van der Waals surface area contributed by atoms with Crippen molar-refractivity contribution in [2.24, 2.45) is 0 Å². The van der Waals surface area contributed by atoms with Crippen molar-refractivity contribution in [3.63, 3.8) is 0 Å². The first-order valence-corrected chi connectivity index (χ1v) is 11.6. The number of allylic oxidation sites excluding steroid dienone is 1. The molecule has 184 valence electrons. The van der Waals surface area contributed by atoms with E-state index in [-0.39, 0.29) is 12.8 Å². The van der Waals surface area contributed by atoms with Crippen molar-refractivity contribution in [3.8, 4) is 17.2 Å². The molecule has 2 aromatic rings. The summed E-state index contributed by atoms with van der Waals surface area (Å²) >= 11 is 0. The van der Waals surface area contributed by atoms with Crippen molar-refractivity contribution in [2.45, 2.75) is 51.4 Å². The summed E-state index contributed by atoms with van der Waals surface area (Å²) in [6.07, 6.45) is 8.71. The molecule has 0 atom stereocenters. The van der Waals surface area contributed by atoms with E-state index in [1.54, 1.807) is 13.2 Å². The largest absolute Gasteiger partial charge is 0.497 e. The van der Waals surface area contributed by atoms with E-state index in [0.717, 1.165) is 36.1 Å². The lowest BCUT2D eigenvalue weighted by molar-refractivity contribution is -0.138. The zero-order valence-corrected chi connectivity index (χ0v) is 19.7. The SMILES string of the molecule is COc1ccc(C=CCCCCOc2ccc(OCCCCC(=O)O)cc2CCC(=O)O)cc1.